The topological polar surface area (TPSA) is 102 Å². The number of carbonyl (C=O) groups is 1. The quantitative estimate of drug-likeness (QED) is 0.646. The number of pyridine rings is 1. The fraction of sp³-hybridized carbons (Fsp3) is 0.360. The Labute approximate surface area is 197 Å². The highest BCUT2D eigenvalue weighted by molar-refractivity contribution is 5.93. The first-order valence-electron chi connectivity index (χ1n) is 11.7. The van der Waals surface area contributed by atoms with Crippen molar-refractivity contribution in [2.75, 3.05) is 11.4 Å². The minimum atomic E-state index is -0.534. The van der Waals surface area contributed by atoms with E-state index in [0.29, 0.717) is 24.6 Å². The third-order valence-corrected chi connectivity index (χ3v) is 6.78. The molecule has 5 heterocycles. The molecule has 0 fully saturated rings. The lowest BCUT2D eigenvalue weighted by Gasteiger charge is -2.31. The lowest BCUT2D eigenvalue weighted by atomic mass is 9.87. The lowest BCUT2D eigenvalue weighted by molar-refractivity contribution is 0.0918. The summed E-state index contributed by atoms with van der Waals surface area (Å²) in [5, 5.41) is 11.9. The number of nitrogens with one attached hydrogen (secondary N) is 1. The summed E-state index contributed by atoms with van der Waals surface area (Å²) in [7, 11) is 0. The lowest BCUT2D eigenvalue weighted by Crippen LogP contribution is -2.45. The van der Waals surface area contributed by atoms with Gasteiger partial charge in [0.2, 0.25) is 5.95 Å². The van der Waals surface area contributed by atoms with Crippen molar-refractivity contribution >= 4 is 17.4 Å². The van der Waals surface area contributed by atoms with E-state index >= 15 is 0 Å². The summed E-state index contributed by atoms with van der Waals surface area (Å²) in [6.07, 6.45) is 15.0. The molecule has 3 aromatic heterocycles. The molecule has 1 atom stereocenters. The number of carbonyl (C=O) groups excluding carboxylic acids is 1. The van der Waals surface area contributed by atoms with Gasteiger partial charge < -0.3 is 14.8 Å². The zero-order valence-electron chi connectivity index (χ0n) is 19.1. The van der Waals surface area contributed by atoms with Gasteiger partial charge in [-0.25, -0.2) is 9.97 Å². The maximum atomic E-state index is 13.2. The summed E-state index contributed by atoms with van der Waals surface area (Å²) in [6.45, 7) is 4.47. The maximum Gasteiger partial charge on any atom is 0.270 e. The van der Waals surface area contributed by atoms with Crippen LogP contribution in [0.25, 0.3) is 5.57 Å². The predicted octanol–water partition coefficient (Wildman–Crippen LogP) is 2.50. The molecule has 1 amide bonds. The minimum Gasteiger partial charge on any atom is -0.342 e. The Hall–Kier alpha value is -3.88. The Balaban J connectivity index is 1.18. The van der Waals surface area contributed by atoms with Crippen molar-refractivity contribution in [1.29, 1.82) is 0 Å². The number of hydrogen-bond acceptors (Lipinski definition) is 7. The van der Waals surface area contributed by atoms with E-state index in [1.54, 1.807) is 12.4 Å². The highest BCUT2D eigenvalue weighted by atomic mass is 16.2. The summed E-state index contributed by atoms with van der Waals surface area (Å²) in [5.74, 6) is 2.47. The molecular formula is C25H26N8O. The molecule has 0 spiro atoms. The third-order valence-electron chi connectivity index (χ3n) is 6.78. The molecule has 0 bridgehead atoms. The normalized spacial score (nSPS) is 21.1. The number of nitrogens with zero attached hydrogens (tertiary/aromatic N) is 7. The van der Waals surface area contributed by atoms with Gasteiger partial charge in [0, 0.05) is 51.1 Å². The Bertz CT molecular complexity index is 1310. The number of aromatic nitrogens is 6. The van der Waals surface area contributed by atoms with Crippen molar-refractivity contribution in [3.8, 4) is 0 Å². The van der Waals surface area contributed by atoms with Gasteiger partial charge in [-0.2, -0.15) is 0 Å². The van der Waals surface area contributed by atoms with Gasteiger partial charge in [-0.15, -0.1) is 10.2 Å². The molecule has 2 aliphatic heterocycles. The Morgan fingerprint density at radius 1 is 1.09 bits per heavy atom. The summed E-state index contributed by atoms with van der Waals surface area (Å²) < 4.78 is 2.19. The van der Waals surface area contributed by atoms with Gasteiger partial charge in [-0.3, -0.25) is 9.78 Å². The van der Waals surface area contributed by atoms with Crippen molar-refractivity contribution in [2.45, 2.75) is 51.2 Å². The van der Waals surface area contributed by atoms with Gasteiger partial charge in [0.15, 0.2) is 5.82 Å². The van der Waals surface area contributed by atoms with Crippen molar-refractivity contribution in [3.05, 3.63) is 77.4 Å². The van der Waals surface area contributed by atoms with E-state index in [0.717, 1.165) is 55.1 Å². The number of anilines is 1. The number of fused-ring (bicyclic) bond motifs is 2. The SMILES string of the molecule is CC1(NC(=O)c2cc3c(cn2)CCN(c2ncccn2)C3)C=CC=C(c2nnc3n2CCC3)C1. The van der Waals surface area contributed by atoms with Crippen LogP contribution >= 0.6 is 0 Å². The number of rotatable bonds is 4. The first-order chi connectivity index (χ1) is 16.6. The molecule has 0 saturated heterocycles. The van der Waals surface area contributed by atoms with Crippen LogP contribution in [0, 0.1) is 0 Å². The molecule has 6 rings (SSSR count). The van der Waals surface area contributed by atoms with Gasteiger partial charge in [-0.1, -0.05) is 18.2 Å². The molecule has 3 aromatic rings. The van der Waals surface area contributed by atoms with Crippen LogP contribution in [-0.4, -0.2) is 47.7 Å². The average molecular weight is 455 g/mol. The van der Waals surface area contributed by atoms with E-state index in [2.05, 4.69) is 46.0 Å². The van der Waals surface area contributed by atoms with Crippen molar-refractivity contribution < 1.29 is 4.79 Å². The first-order valence-corrected chi connectivity index (χ1v) is 11.7. The van der Waals surface area contributed by atoms with Crippen molar-refractivity contribution in [2.24, 2.45) is 0 Å². The number of hydrogen-bond donors (Lipinski definition) is 1. The van der Waals surface area contributed by atoms with Gasteiger partial charge in [0.1, 0.15) is 11.5 Å². The van der Waals surface area contributed by atoms with Crippen molar-refractivity contribution in [1.82, 2.24) is 35.0 Å². The van der Waals surface area contributed by atoms with Crippen LogP contribution in [0.4, 0.5) is 5.95 Å². The molecule has 1 unspecified atom stereocenters. The average Bonchev–Trinajstić information content (AvgIpc) is 3.48. The highest BCUT2D eigenvalue weighted by Crippen LogP contribution is 2.31. The van der Waals surface area contributed by atoms with Crippen LogP contribution in [0.15, 0.2) is 49.0 Å². The third kappa shape index (κ3) is 3.76. The molecule has 1 N–H and O–H groups in total. The van der Waals surface area contributed by atoms with E-state index in [1.165, 1.54) is 5.56 Å². The maximum absolute atomic E-state index is 13.2. The van der Waals surface area contributed by atoms with Gasteiger partial charge in [0.05, 0.1) is 5.54 Å². The Morgan fingerprint density at radius 2 is 1.97 bits per heavy atom. The summed E-state index contributed by atoms with van der Waals surface area (Å²) in [5.41, 5.74) is 3.22. The molecule has 172 valence electrons. The molecular weight excluding hydrogens is 428 g/mol. The van der Waals surface area contributed by atoms with Gasteiger partial charge >= 0.3 is 0 Å². The monoisotopic (exact) mass is 454 g/mol. The van der Waals surface area contributed by atoms with Gasteiger partial charge in [-0.05, 0) is 48.6 Å². The summed E-state index contributed by atoms with van der Waals surface area (Å²) >= 11 is 0. The molecule has 34 heavy (non-hydrogen) atoms. The zero-order chi connectivity index (χ0) is 23.1. The predicted molar refractivity (Wildman–Crippen MR) is 127 cm³/mol. The molecule has 0 saturated carbocycles. The molecule has 0 aromatic carbocycles. The smallest absolute Gasteiger partial charge is 0.270 e. The largest absolute Gasteiger partial charge is 0.342 e. The van der Waals surface area contributed by atoms with Crippen LogP contribution in [-0.2, 0) is 25.9 Å². The number of aryl methyl sites for hydroxylation is 1. The summed E-state index contributed by atoms with van der Waals surface area (Å²) in [6, 6.07) is 3.71. The molecule has 9 nitrogen and oxygen atoms in total. The first kappa shape index (κ1) is 20.7. The van der Waals surface area contributed by atoms with Crippen LogP contribution < -0.4 is 10.2 Å². The summed E-state index contributed by atoms with van der Waals surface area (Å²) in [4.78, 5) is 28.6. The molecule has 3 aliphatic rings. The highest BCUT2D eigenvalue weighted by Gasteiger charge is 2.31. The molecule has 9 heteroatoms. The fourth-order valence-corrected chi connectivity index (χ4v) is 5.03. The zero-order valence-corrected chi connectivity index (χ0v) is 19.1. The fourth-order valence-electron chi connectivity index (χ4n) is 5.03. The van der Waals surface area contributed by atoms with E-state index in [9.17, 15) is 4.79 Å². The molecule has 1 aliphatic carbocycles. The minimum absolute atomic E-state index is 0.184. The Kier molecular flexibility index (Phi) is 4.97. The second-order valence-electron chi connectivity index (χ2n) is 9.35. The van der Waals surface area contributed by atoms with Crippen molar-refractivity contribution in [3.63, 3.8) is 0 Å². The standard InChI is InChI=1S/C25H26N8O/c1-25(8-2-5-17(14-25)22-31-30-21-6-3-11-33(21)22)29-23(34)20-13-19-16-32(12-7-18(19)15-28-20)24-26-9-4-10-27-24/h2,4-5,8-10,13,15H,3,6-7,11-12,14,16H2,1H3,(H,29,34). The van der Waals surface area contributed by atoms with Crippen LogP contribution in [0.5, 0.6) is 0 Å². The Morgan fingerprint density at radius 3 is 2.85 bits per heavy atom. The number of allylic oxidation sites excluding steroid dienone is 2. The van der Waals surface area contributed by atoms with Crippen LogP contribution in [0.1, 0.15) is 53.0 Å². The second kappa shape index (κ2) is 8.16. The van der Waals surface area contributed by atoms with E-state index in [1.807, 2.05) is 37.4 Å². The second-order valence-corrected chi connectivity index (χ2v) is 9.35. The van der Waals surface area contributed by atoms with E-state index in [4.69, 9.17) is 0 Å². The van der Waals surface area contributed by atoms with Gasteiger partial charge in [0.25, 0.3) is 5.91 Å². The van der Waals surface area contributed by atoms with E-state index < -0.39 is 5.54 Å². The van der Waals surface area contributed by atoms with Crippen LogP contribution in [0.3, 0.4) is 0 Å². The van der Waals surface area contributed by atoms with E-state index in [-0.39, 0.29) is 5.91 Å². The number of amides is 1. The van der Waals surface area contributed by atoms with Crippen LogP contribution in [0.2, 0.25) is 0 Å². The molecule has 0 radical (unpaired) electrons.